The quantitative estimate of drug-likeness (QED) is 0.776. The van der Waals surface area contributed by atoms with Gasteiger partial charge in [-0.1, -0.05) is 0 Å². The number of aromatic nitrogens is 4. The van der Waals surface area contributed by atoms with Crippen LogP contribution in [0, 0.1) is 0 Å². The zero-order valence-electron chi connectivity index (χ0n) is 13.5. The van der Waals surface area contributed by atoms with Crippen molar-refractivity contribution in [1.82, 2.24) is 25.1 Å². The van der Waals surface area contributed by atoms with Crippen molar-refractivity contribution in [3.8, 4) is 0 Å². The van der Waals surface area contributed by atoms with Crippen LogP contribution in [0.4, 0.5) is 5.82 Å². The Balaban J connectivity index is 1.29. The topological polar surface area (TPSA) is 60.9 Å². The Kier molecular flexibility index (Phi) is 3.48. The Morgan fingerprint density at radius 3 is 3.00 bits per heavy atom. The second-order valence-corrected chi connectivity index (χ2v) is 7.56. The number of anilines is 1. The molecule has 0 radical (unpaired) electrons. The lowest BCUT2D eigenvalue weighted by Crippen LogP contribution is -2.46. The molecule has 0 atom stereocenters. The minimum atomic E-state index is 0.671. The monoisotopic (exact) mass is 340 g/mol. The van der Waals surface area contributed by atoms with Crippen molar-refractivity contribution in [1.29, 1.82) is 0 Å². The number of rotatable bonds is 2. The highest BCUT2D eigenvalue weighted by Crippen LogP contribution is 2.31. The molecule has 0 unspecified atom stereocenters. The van der Waals surface area contributed by atoms with Gasteiger partial charge in [-0.05, 0) is 24.3 Å². The first-order valence-electron chi connectivity index (χ1n) is 8.57. The fourth-order valence-electron chi connectivity index (χ4n) is 4.00. The number of hydrogen-bond acceptors (Lipinski definition) is 6. The van der Waals surface area contributed by atoms with E-state index in [1.165, 1.54) is 28.8 Å². The van der Waals surface area contributed by atoms with E-state index >= 15 is 0 Å². The fourth-order valence-corrected chi connectivity index (χ4v) is 4.86. The minimum absolute atomic E-state index is 0.671. The lowest BCUT2D eigenvalue weighted by atomic mass is 9.99. The van der Waals surface area contributed by atoms with Gasteiger partial charge in [0.15, 0.2) is 0 Å². The lowest BCUT2D eigenvalue weighted by molar-refractivity contribution is 0.153. The van der Waals surface area contributed by atoms with E-state index in [1.807, 2.05) is 6.20 Å². The summed E-state index contributed by atoms with van der Waals surface area (Å²) in [5, 5.41) is 9.42. The van der Waals surface area contributed by atoms with Gasteiger partial charge in [-0.15, -0.1) is 11.3 Å². The third kappa shape index (κ3) is 2.39. The van der Waals surface area contributed by atoms with Crippen molar-refractivity contribution in [3.63, 3.8) is 0 Å². The van der Waals surface area contributed by atoms with Crippen molar-refractivity contribution >= 4 is 27.4 Å². The summed E-state index contributed by atoms with van der Waals surface area (Å²) in [6, 6.07) is 2.75. The lowest BCUT2D eigenvalue weighted by Gasteiger charge is -2.40. The molecule has 1 saturated heterocycles. The Morgan fingerprint density at radius 1 is 1.17 bits per heavy atom. The molecular weight excluding hydrogens is 320 g/mol. The molecule has 2 aliphatic heterocycles. The SMILES string of the molecule is c1nc(N2CCC(N3CCc4[nH]ncc4C3)CC2)c2sccc2n1. The molecule has 1 fully saturated rings. The highest BCUT2D eigenvalue weighted by Gasteiger charge is 2.29. The van der Waals surface area contributed by atoms with Gasteiger partial charge in [0.1, 0.15) is 12.1 Å². The fraction of sp³-hybridized carbons (Fsp3) is 0.471. The van der Waals surface area contributed by atoms with E-state index in [1.54, 1.807) is 17.7 Å². The second-order valence-electron chi connectivity index (χ2n) is 6.64. The molecule has 6 nitrogen and oxygen atoms in total. The standard InChI is InChI=1S/C17H20N6S/c1-5-22(17-16-15(4-8-24-16)18-11-19-17)6-2-13(1)23-7-3-14-12(10-23)9-20-21-14/h4,8-9,11,13H,1-3,5-7,10H2,(H,20,21). The van der Waals surface area contributed by atoms with Crippen LogP contribution < -0.4 is 4.90 Å². The zero-order chi connectivity index (χ0) is 15.9. The summed E-state index contributed by atoms with van der Waals surface area (Å²) in [5.74, 6) is 1.12. The molecule has 0 saturated carbocycles. The number of nitrogens with one attached hydrogen (secondary N) is 1. The smallest absolute Gasteiger partial charge is 0.150 e. The van der Waals surface area contributed by atoms with Gasteiger partial charge in [0.2, 0.25) is 0 Å². The first kappa shape index (κ1) is 14.4. The van der Waals surface area contributed by atoms with Gasteiger partial charge in [0, 0.05) is 49.9 Å². The van der Waals surface area contributed by atoms with Crippen molar-refractivity contribution in [2.24, 2.45) is 0 Å². The second kappa shape index (κ2) is 5.82. The third-order valence-corrected chi connectivity index (χ3v) is 6.23. The molecule has 24 heavy (non-hydrogen) atoms. The number of fused-ring (bicyclic) bond motifs is 2. The average Bonchev–Trinajstić information content (AvgIpc) is 3.30. The predicted molar refractivity (Wildman–Crippen MR) is 95.4 cm³/mol. The van der Waals surface area contributed by atoms with Crippen LogP contribution in [-0.2, 0) is 13.0 Å². The Bertz CT molecular complexity index is 848. The highest BCUT2D eigenvalue weighted by atomic mass is 32.1. The van der Waals surface area contributed by atoms with Crippen LogP contribution in [0.2, 0.25) is 0 Å². The number of piperidine rings is 1. The first-order chi connectivity index (χ1) is 11.9. The molecule has 3 aromatic heterocycles. The average molecular weight is 340 g/mol. The van der Waals surface area contributed by atoms with E-state index in [0.29, 0.717) is 6.04 Å². The molecule has 3 aromatic rings. The maximum absolute atomic E-state index is 4.56. The van der Waals surface area contributed by atoms with Crippen LogP contribution in [0.1, 0.15) is 24.1 Å². The van der Waals surface area contributed by atoms with Gasteiger partial charge in [-0.25, -0.2) is 9.97 Å². The Labute approximate surface area is 144 Å². The summed E-state index contributed by atoms with van der Waals surface area (Å²) in [6.07, 6.45) is 7.18. The maximum Gasteiger partial charge on any atom is 0.150 e. The van der Waals surface area contributed by atoms with Crippen molar-refractivity contribution in [2.75, 3.05) is 24.5 Å². The number of aromatic amines is 1. The zero-order valence-corrected chi connectivity index (χ0v) is 14.3. The van der Waals surface area contributed by atoms with E-state index in [2.05, 4.69) is 41.4 Å². The molecular formula is C17H20N6S. The minimum Gasteiger partial charge on any atom is -0.355 e. The molecule has 5 heterocycles. The molecule has 124 valence electrons. The van der Waals surface area contributed by atoms with Gasteiger partial charge in [0.25, 0.3) is 0 Å². The maximum atomic E-state index is 4.56. The Morgan fingerprint density at radius 2 is 2.08 bits per heavy atom. The number of nitrogens with zero attached hydrogens (tertiary/aromatic N) is 5. The summed E-state index contributed by atoms with van der Waals surface area (Å²) in [6.45, 7) is 4.33. The van der Waals surface area contributed by atoms with Crippen molar-refractivity contribution < 1.29 is 0 Å². The molecule has 0 amide bonds. The third-order valence-electron chi connectivity index (χ3n) is 5.33. The van der Waals surface area contributed by atoms with Crippen LogP contribution in [0.25, 0.3) is 10.2 Å². The Hall–Kier alpha value is -1.99. The number of thiophene rings is 1. The molecule has 5 rings (SSSR count). The van der Waals surface area contributed by atoms with Crippen LogP contribution in [-0.4, -0.2) is 50.7 Å². The number of hydrogen-bond donors (Lipinski definition) is 1. The summed E-state index contributed by atoms with van der Waals surface area (Å²) < 4.78 is 1.22. The van der Waals surface area contributed by atoms with Crippen LogP contribution in [0.5, 0.6) is 0 Å². The van der Waals surface area contributed by atoms with Crippen LogP contribution >= 0.6 is 11.3 Å². The highest BCUT2D eigenvalue weighted by molar-refractivity contribution is 7.17. The van der Waals surface area contributed by atoms with Gasteiger partial charge < -0.3 is 4.90 Å². The van der Waals surface area contributed by atoms with Crippen molar-refractivity contribution in [3.05, 3.63) is 35.2 Å². The summed E-state index contributed by atoms with van der Waals surface area (Å²) >= 11 is 1.74. The molecule has 7 heteroatoms. The van der Waals surface area contributed by atoms with Crippen molar-refractivity contribution in [2.45, 2.75) is 31.8 Å². The molecule has 0 bridgehead atoms. The molecule has 0 aromatic carbocycles. The van der Waals surface area contributed by atoms with E-state index in [0.717, 1.165) is 43.9 Å². The van der Waals surface area contributed by atoms with Gasteiger partial charge in [0.05, 0.1) is 16.4 Å². The van der Waals surface area contributed by atoms with Gasteiger partial charge in [-0.3, -0.25) is 10.00 Å². The van der Waals surface area contributed by atoms with Gasteiger partial charge >= 0.3 is 0 Å². The van der Waals surface area contributed by atoms with Crippen LogP contribution in [0.15, 0.2) is 24.0 Å². The van der Waals surface area contributed by atoms with E-state index in [-0.39, 0.29) is 0 Å². The molecule has 0 spiro atoms. The van der Waals surface area contributed by atoms with Crippen LogP contribution in [0.3, 0.4) is 0 Å². The summed E-state index contributed by atoms with van der Waals surface area (Å²) in [5.41, 5.74) is 3.76. The molecule has 2 aliphatic rings. The number of H-pyrrole nitrogens is 1. The van der Waals surface area contributed by atoms with Gasteiger partial charge in [-0.2, -0.15) is 5.10 Å². The van der Waals surface area contributed by atoms with E-state index in [4.69, 9.17) is 0 Å². The normalized spacial score (nSPS) is 19.8. The largest absolute Gasteiger partial charge is 0.355 e. The molecule has 0 aliphatic carbocycles. The summed E-state index contributed by atoms with van der Waals surface area (Å²) in [4.78, 5) is 14.0. The van der Waals surface area contributed by atoms with E-state index in [9.17, 15) is 0 Å². The summed E-state index contributed by atoms with van der Waals surface area (Å²) in [7, 11) is 0. The molecule has 1 N–H and O–H groups in total. The first-order valence-corrected chi connectivity index (χ1v) is 9.45. The van der Waals surface area contributed by atoms with E-state index < -0.39 is 0 Å². The predicted octanol–water partition coefficient (Wildman–Crippen LogP) is 2.44.